The van der Waals surface area contributed by atoms with Crippen molar-refractivity contribution in [1.82, 2.24) is 4.31 Å². The van der Waals surface area contributed by atoms with Gasteiger partial charge >= 0.3 is 0 Å². The van der Waals surface area contributed by atoms with Gasteiger partial charge in [0.25, 0.3) is 0 Å². The van der Waals surface area contributed by atoms with Crippen LogP contribution in [0.5, 0.6) is 0 Å². The summed E-state index contributed by atoms with van der Waals surface area (Å²) < 4.78 is 27.0. The molecule has 8 heteroatoms. The van der Waals surface area contributed by atoms with E-state index in [1.54, 1.807) is 6.07 Å². The second-order valence-electron chi connectivity index (χ2n) is 4.53. The van der Waals surface area contributed by atoms with Gasteiger partial charge in [-0.1, -0.05) is 15.9 Å². The number of piperidine rings is 1. The first kappa shape index (κ1) is 17.4. The molecule has 1 aromatic rings. The Morgan fingerprint density at radius 2 is 1.90 bits per heavy atom. The van der Waals surface area contributed by atoms with Gasteiger partial charge < -0.3 is 5.73 Å². The molecule has 0 radical (unpaired) electrons. The molecule has 0 aromatic heterocycles. The number of hydrogen-bond acceptors (Lipinski definition) is 4. The Kier molecular flexibility index (Phi) is 5.98. The van der Waals surface area contributed by atoms with Gasteiger partial charge in [0.1, 0.15) is 0 Å². The van der Waals surface area contributed by atoms with Crippen LogP contribution in [0.1, 0.15) is 18.4 Å². The molecule has 1 aliphatic rings. The van der Waals surface area contributed by atoms with Crippen LogP contribution < -0.4 is 5.73 Å². The van der Waals surface area contributed by atoms with Crippen molar-refractivity contribution in [1.29, 1.82) is 5.26 Å². The lowest BCUT2D eigenvalue weighted by molar-refractivity contribution is 0.320. The molecule has 2 rings (SSSR count). The predicted octanol–water partition coefficient (Wildman–Crippen LogP) is 1.85. The van der Waals surface area contributed by atoms with Crippen LogP contribution in [0.15, 0.2) is 27.6 Å². The predicted molar refractivity (Wildman–Crippen MR) is 82.1 cm³/mol. The highest BCUT2D eigenvalue weighted by molar-refractivity contribution is 9.10. The molecule has 0 spiro atoms. The van der Waals surface area contributed by atoms with E-state index < -0.39 is 10.0 Å². The van der Waals surface area contributed by atoms with Gasteiger partial charge in [-0.25, -0.2) is 8.42 Å². The molecule has 5 nitrogen and oxygen atoms in total. The number of nitriles is 1. The molecule has 20 heavy (non-hydrogen) atoms. The Bertz CT molecular complexity index is 622. The summed E-state index contributed by atoms with van der Waals surface area (Å²) in [5, 5.41) is 8.90. The lowest BCUT2D eigenvalue weighted by atomic mass is 10.1. The van der Waals surface area contributed by atoms with E-state index in [-0.39, 0.29) is 23.3 Å². The third kappa shape index (κ3) is 3.71. The standard InChI is InChI=1S/C12H14BrN3O2S.ClH/c13-10-5-9(8-14)6-12(7-10)19(17,18)16-3-1-11(15)2-4-16;/h5-7,11H,1-4,15H2;1H. The van der Waals surface area contributed by atoms with Crippen molar-refractivity contribution in [3.8, 4) is 6.07 Å². The van der Waals surface area contributed by atoms with Crippen molar-refractivity contribution < 1.29 is 8.42 Å². The minimum Gasteiger partial charge on any atom is -0.328 e. The zero-order valence-corrected chi connectivity index (χ0v) is 13.8. The van der Waals surface area contributed by atoms with E-state index in [0.29, 0.717) is 36.0 Å². The Labute approximate surface area is 133 Å². The summed E-state index contributed by atoms with van der Waals surface area (Å²) in [7, 11) is -3.54. The second kappa shape index (κ2) is 6.87. The van der Waals surface area contributed by atoms with E-state index in [4.69, 9.17) is 11.0 Å². The van der Waals surface area contributed by atoms with Crippen molar-refractivity contribution in [3.05, 3.63) is 28.2 Å². The SMILES string of the molecule is Cl.N#Cc1cc(Br)cc(S(=O)(=O)N2CCC(N)CC2)c1. The van der Waals surface area contributed by atoms with Gasteiger partial charge in [-0.15, -0.1) is 12.4 Å². The molecule has 0 unspecified atom stereocenters. The highest BCUT2D eigenvalue weighted by Gasteiger charge is 2.28. The maximum absolute atomic E-state index is 12.5. The van der Waals surface area contributed by atoms with Crippen molar-refractivity contribution in [3.63, 3.8) is 0 Å². The first-order chi connectivity index (χ1) is 8.93. The van der Waals surface area contributed by atoms with Crippen LogP contribution in [-0.4, -0.2) is 31.9 Å². The summed E-state index contributed by atoms with van der Waals surface area (Å²) in [5.41, 5.74) is 6.10. The minimum absolute atomic E-state index is 0. The highest BCUT2D eigenvalue weighted by Crippen LogP contribution is 2.24. The summed E-state index contributed by atoms with van der Waals surface area (Å²) in [6.07, 6.45) is 1.33. The van der Waals surface area contributed by atoms with E-state index in [1.165, 1.54) is 16.4 Å². The van der Waals surface area contributed by atoms with Gasteiger partial charge in [0, 0.05) is 23.6 Å². The number of rotatable bonds is 2. The average molecular weight is 381 g/mol. The molecule has 1 heterocycles. The van der Waals surface area contributed by atoms with Gasteiger partial charge in [0.05, 0.1) is 16.5 Å². The molecule has 0 amide bonds. The Hall–Kier alpha value is -0.650. The van der Waals surface area contributed by atoms with Crippen LogP contribution in [0.4, 0.5) is 0 Å². The zero-order chi connectivity index (χ0) is 14.0. The number of benzene rings is 1. The fourth-order valence-electron chi connectivity index (χ4n) is 2.04. The minimum atomic E-state index is -3.54. The van der Waals surface area contributed by atoms with E-state index in [9.17, 15) is 8.42 Å². The number of nitrogens with two attached hydrogens (primary N) is 1. The van der Waals surface area contributed by atoms with E-state index in [2.05, 4.69) is 15.9 Å². The molecule has 1 aliphatic heterocycles. The largest absolute Gasteiger partial charge is 0.328 e. The van der Waals surface area contributed by atoms with Crippen molar-refractivity contribution in [2.24, 2.45) is 5.73 Å². The molecule has 0 bridgehead atoms. The van der Waals surface area contributed by atoms with Gasteiger partial charge in [0.2, 0.25) is 10.0 Å². The molecule has 0 saturated carbocycles. The quantitative estimate of drug-likeness (QED) is 0.848. The van der Waals surface area contributed by atoms with E-state index in [1.807, 2.05) is 6.07 Å². The Balaban J connectivity index is 0.00000200. The number of sulfonamides is 1. The van der Waals surface area contributed by atoms with Crippen molar-refractivity contribution in [2.75, 3.05) is 13.1 Å². The van der Waals surface area contributed by atoms with Crippen molar-refractivity contribution >= 4 is 38.4 Å². The highest BCUT2D eigenvalue weighted by atomic mass is 79.9. The second-order valence-corrected chi connectivity index (χ2v) is 7.38. The van der Waals surface area contributed by atoms with E-state index in [0.717, 1.165) is 0 Å². The average Bonchev–Trinajstić information content (AvgIpc) is 2.38. The molecule has 2 N–H and O–H groups in total. The molecule has 1 saturated heterocycles. The fraction of sp³-hybridized carbons (Fsp3) is 0.417. The molecule has 1 fully saturated rings. The Morgan fingerprint density at radius 1 is 1.30 bits per heavy atom. The van der Waals surface area contributed by atoms with Gasteiger partial charge in [-0.3, -0.25) is 0 Å². The smallest absolute Gasteiger partial charge is 0.243 e. The molecular formula is C12H15BrClN3O2S. The number of hydrogen-bond donors (Lipinski definition) is 1. The van der Waals surface area contributed by atoms with Crippen LogP contribution in [-0.2, 0) is 10.0 Å². The monoisotopic (exact) mass is 379 g/mol. The van der Waals surface area contributed by atoms with Crippen LogP contribution in [0, 0.1) is 11.3 Å². The molecule has 0 atom stereocenters. The lowest BCUT2D eigenvalue weighted by Crippen LogP contribution is -2.42. The Morgan fingerprint density at radius 3 is 2.45 bits per heavy atom. The van der Waals surface area contributed by atoms with Gasteiger partial charge in [0.15, 0.2) is 0 Å². The molecule has 110 valence electrons. The summed E-state index contributed by atoms with van der Waals surface area (Å²) in [6.45, 7) is 0.857. The van der Waals surface area contributed by atoms with Crippen LogP contribution in [0.2, 0.25) is 0 Å². The normalized spacial score (nSPS) is 17.2. The first-order valence-electron chi connectivity index (χ1n) is 5.90. The fourth-order valence-corrected chi connectivity index (χ4v) is 4.23. The third-order valence-electron chi connectivity index (χ3n) is 3.14. The van der Waals surface area contributed by atoms with Crippen LogP contribution >= 0.6 is 28.3 Å². The number of halogens is 2. The lowest BCUT2D eigenvalue weighted by Gasteiger charge is -2.29. The summed E-state index contributed by atoms with van der Waals surface area (Å²) in [4.78, 5) is 0.147. The van der Waals surface area contributed by atoms with Crippen molar-refractivity contribution in [2.45, 2.75) is 23.8 Å². The molecule has 1 aromatic carbocycles. The van der Waals surface area contributed by atoms with E-state index >= 15 is 0 Å². The molecular weight excluding hydrogens is 366 g/mol. The summed E-state index contributed by atoms with van der Waals surface area (Å²) in [5.74, 6) is 0. The molecule has 0 aliphatic carbocycles. The van der Waals surface area contributed by atoms with Crippen LogP contribution in [0.25, 0.3) is 0 Å². The zero-order valence-electron chi connectivity index (χ0n) is 10.6. The number of nitrogens with zero attached hydrogens (tertiary/aromatic N) is 2. The summed E-state index contributed by atoms with van der Waals surface area (Å²) >= 11 is 3.23. The maximum atomic E-state index is 12.5. The topological polar surface area (TPSA) is 87.2 Å². The summed E-state index contributed by atoms with van der Waals surface area (Å²) in [6, 6.07) is 6.53. The first-order valence-corrected chi connectivity index (χ1v) is 8.13. The maximum Gasteiger partial charge on any atom is 0.243 e. The van der Waals surface area contributed by atoms with Gasteiger partial charge in [-0.2, -0.15) is 9.57 Å². The third-order valence-corrected chi connectivity index (χ3v) is 5.47. The van der Waals surface area contributed by atoms with Crippen LogP contribution in [0.3, 0.4) is 0 Å². The van der Waals surface area contributed by atoms with Gasteiger partial charge in [-0.05, 0) is 31.0 Å².